The maximum Gasteiger partial charge on any atom is 0.0848 e. The molecule has 6 unspecified atom stereocenters. The topological polar surface area (TPSA) is 38.0 Å². The Morgan fingerprint density at radius 1 is 1.00 bits per heavy atom. The second-order valence-corrected chi connectivity index (χ2v) is 13.7. The number of hydrogen-bond acceptors (Lipinski definition) is 2. The molecule has 1 N–H and O–H groups in total. The molecule has 1 heterocycles. The van der Waals surface area contributed by atoms with Gasteiger partial charge in [-0.05, 0) is 129 Å². The van der Waals surface area contributed by atoms with E-state index in [1.165, 1.54) is 63.4 Å². The predicted octanol–water partition coefficient (Wildman–Crippen LogP) is 6.48. The normalized spacial score (nSPS) is 51.2. The molecular formula is C29H46N2O. The van der Waals surface area contributed by atoms with Crippen LogP contribution in [0.5, 0.6) is 0 Å². The van der Waals surface area contributed by atoms with Crippen LogP contribution in [0.1, 0.15) is 91.0 Å². The molecule has 1 aromatic heterocycles. The summed E-state index contributed by atoms with van der Waals surface area (Å²) in [7, 11) is 0. The van der Waals surface area contributed by atoms with Crippen molar-refractivity contribution in [3.8, 4) is 0 Å². The summed E-state index contributed by atoms with van der Waals surface area (Å²) in [4.78, 5) is 0. The van der Waals surface area contributed by atoms with E-state index >= 15 is 0 Å². The van der Waals surface area contributed by atoms with Crippen LogP contribution >= 0.6 is 0 Å². The average Bonchev–Trinajstić information content (AvgIpc) is 3.11. The fourth-order valence-electron chi connectivity index (χ4n) is 11.0. The zero-order valence-corrected chi connectivity index (χ0v) is 21.2. The number of aromatic nitrogens is 2. The summed E-state index contributed by atoms with van der Waals surface area (Å²) in [6, 6.07) is 0. The van der Waals surface area contributed by atoms with E-state index in [0.29, 0.717) is 23.3 Å². The standard InChI is InChI=1S/C29H46N2O/c1-6-19-20-11-13-27(3)23-12-14-28(4)22(21(23)7-8-24(27)26(19)20)9-10-25(28)29(5,32)17-31-16-18(2)15-30-31/h15-16,19-26,32H,6-14,17H2,1-5H3/t19?,20-,21+,22?,23?,24?,25+,26?,27-,28+,29?/m1/s1. The second kappa shape index (κ2) is 7.09. The number of hydrogen-bond donors (Lipinski definition) is 1. The highest BCUT2D eigenvalue weighted by Crippen LogP contribution is 2.74. The van der Waals surface area contributed by atoms with Crippen molar-refractivity contribution in [1.82, 2.24) is 9.78 Å². The Hall–Kier alpha value is -0.830. The minimum atomic E-state index is -0.684. The van der Waals surface area contributed by atoms with Gasteiger partial charge in [0.15, 0.2) is 0 Å². The molecule has 178 valence electrons. The minimum Gasteiger partial charge on any atom is -0.388 e. The highest BCUT2D eigenvalue weighted by atomic mass is 16.3. The first-order chi connectivity index (χ1) is 15.2. The van der Waals surface area contributed by atoms with Crippen molar-refractivity contribution < 1.29 is 5.11 Å². The van der Waals surface area contributed by atoms with Crippen LogP contribution in [0.2, 0.25) is 0 Å². The summed E-state index contributed by atoms with van der Waals surface area (Å²) in [6.07, 6.45) is 16.7. The van der Waals surface area contributed by atoms with Crippen molar-refractivity contribution in [3.63, 3.8) is 0 Å². The van der Waals surface area contributed by atoms with Gasteiger partial charge in [-0.3, -0.25) is 4.68 Å². The Balaban J connectivity index is 1.23. The van der Waals surface area contributed by atoms with E-state index in [1.54, 1.807) is 0 Å². The molecule has 11 atom stereocenters. The molecule has 5 aliphatic carbocycles. The lowest BCUT2D eigenvalue weighted by Gasteiger charge is -2.61. The van der Waals surface area contributed by atoms with Crippen LogP contribution in [-0.2, 0) is 6.54 Å². The zero-order chi connectivity index (χ0) is 22.5. The Morgan fingerprint density at radius 3 is 2.44 bits per heavy atom. The molecule has 0 aromatic carbocycles. The molecule has 0 spiro atoms. The first kappa shape index (κ1) is 21.7. The Kier molecular flexibility index (Phi) is 4.81. The molecular weight excluding hydrogens is 392 g/mol. The molecule has 5 fully saturated rings. The maximum absolute atomic E-state index is 11.8. The summed E-state index contributed by atoms with van der Waals surface area (Å²) in [6.45, 7) is 12.5. The fraction of sp³-hybridized carbons (Fsp3) is 0.897. The largest absolute Gasteiger partial charge is 0.388 e. The minimum absolute atomic E-state index is 0.290. The summed E-state index contributed by atoms with van der Waals surface area (Å²) in [5.41, 5.74) is 1.38. The Labute approximate surface area is 195 Å². The molecule has 0 bridgehead atoms. The molecule has 0 aliphatic heterocycles. The molecule has 32 heavy (non-hydrogen) atoms. The molecule has 0 saturated heterocycles. The second-order valence-electron chi connectivity index (χ2n) is 13.7. The van der Waals surface area contributed by atoms with Crippen molar-refractivity contribution in [1.29, 1.82) is 0 Å². The summed E-state index contributed by atoms with van der Waals surface area (Å²) < 4.78 is 1.97. The third-order valence-corrected chi connectivity index (χ3v) is 12.3. The monoisotopic (exact) mass is 438 g/mol. The Morgan fingerprint density at radius 2 is 1.72 bits per heavy atom. The van der Waals surface area contributed by atoms with Crippen molar-refractivity contribution in [2.45, 2.75) is 105 Å². The van der Waals surface area contributed by atoms with Crippen LogP contribution in [0.4, 0.5) is 0 Å². The third kappa shape index (κ3) is 2.91. The van der Waals surface area contributed by atoms with Crippen molar-refractivity contribution >= 4 is 0 Å². The quantitative estimate of drug-likeness (QED) is 0.584. The average molecular weight is 439 g/mol. The molecule has 3 nitrogen and oxygen atoms in total. The van der Waals surface area contributed by atoms with Gasteiger partial charge in [-0.1, -0.05) is 27.2 Å². The summed E-state index contributed by atoms with van der Waals surface area (Å²) >= 11 is 0. The van der Waals surface area contributed by atoms with E-state index in [1.807, 2.05) is 10.9 Å². The van der Waals surface area contributed by atoms with Crippen molar-refractivity contribution in [2.24, 2.45) is 58.2 Å². The molecule has 0 amide bonds. The van der Waals surface area contributed by atoms with E-state index in [4.69, 9.17) is 0 Å². The van der Waals surface area contributed by atoms with Gasteiger partial charge in [-0.2, -0.15) is 5.10 Å². The number of nitrogens with zero attached hydrogens (tertiary/aromatic N) is 2. The lowest BCUT2D eigenvalue weighted by molar-refractivity contribution is -0.139. The predicted molar refractivity (Wildman–Crippen MR) is 129 cm³/mol. The van der Waals surface area contributed by atoms with Gasteiger partial charge in [-0.25, -0.2) is 0 Å². The molecule has 0 radical (unpaired) electrons. The van der Waals surface area contributed by atoms with E-state index in [-0.39, 0.29) is 0 Å². The molecule has 6 rings (SSSR count). The lowest BCUT2D eigenvalue weighted by atomic mass is 9.44. The van der Waals surface area contributed by atoms with Gasteiger partial charge >= 0.3 is 0 Å². The van der Waals surface area contributed by atoms with E-state index < -0.39 is 5.60 Å². The number of aliphatic hydroxyl groups is 1. The molecule has 5 aliphatic rings. The Bertz CT molecular complexity index is 870. The summed E-state index contributed by atoms with van der Waals surface area (Å²) in [5, 5.41) is 16.3. The number of aryl methyl sites for hydroxylation is 1. The van der Waals surface area contributed by atoms with Gasteiger partial charge in [-0.15, -0.1) is 0 Å². The van der Waals surface area contributed by atoms with Crippen LogP contribution in [0.15, 0.2) is 12.4 Å². The van der Waals surface area contributed by atoms with Crippen LogP contribution in [0.25, 0.3) is 0 Å². The van der Waals surface area contributed by atoms with Crippen molar-refractivity contribution in [2.75, 3.05) is 0 Å². The van der Waals surface area contributed by atoms with Gasteiger partial charge in [0.1, 0.15) is 0 Å². The number of rotatable bonds is 4. The van der Waals surface area contributed by atoms with Crippen LogP contribution in [0.3, 0.4) is 0 Å². The highest BCUT2D eigenvalue weighted by molar-refractivity contribution is 5.16. The zero-order valence-electron chi connectivity index (χ0n) is 21.2. The van der Waals surface area contributed by atoms with Crippen LogP contribution in [0, 0.1) is 65.1 Å². The van der Waals surface area contributed by atoms with Crippen LogP contribution < -0.4 is 0 Å². The first-order valence-corrected chi connectivity index (χ1v) is 13.9. The summed E-state index contributed by atoms with van der Waals surface area (Å²) in [5.74, 6) is 7.27. The smallest absolute Gasteiger partial charge is 0.0848 e. The van der Waals surface area contributed by atoms with E-state index in [2.05, 4.69) is 45.9 Å². The highest BCUT2D eigenvalue weighted by Gasteiger charge is 2.67. The molecule has 1 aromatic rings. The molecule has 5 saturated carbocycles. The first-order valence-electron chi connectivity index (χ1n) is 13.9. The van der Waals surface area contributed by atoms with Crippen molar-refractivity contribution in [3.05, 3.63) is 18.0 Å². The number of fused-ring (bicyclic) bond motifs is 7. The lowest BCUT2D eigenvalue weighted by Crippen LogP contribution is -2.55. The maximum atomic E-state index is 11.8. The van der Waals surface area contributed by atoms with Gasteiger partial charge < -0.3 is 5.11 Å². The van der Waals surface area contributed by atoms with Gasteiger partial charge in [0.05, 0.1) is 18.3 Å². The third-order valence-electron chi connectivity index (χ3n) is 12.3. The molecule has 3 heteroatoms. The van der Waals surface area contributed by atoms with Gasteiger partial charge in [0, 0.05) is 6.20 Å². The van der Waals surface area contributed by atoms with E-state index in [9.17, 15) is 5.11 Å². The van der Waals surface area contributed by atoms with E-state index in [0.717, 1.165) is 41.4 Å². The van der Waals surface area contributed by atoms with Gasteiger partial charge in [0.25, 0.3) is 0 Å². The fourth-order valence-corrected chi connectivity index (χ4v) is 11.0. The SMILES string of the molecule is CCC1C2C3CC[C@@H]4C(CC[C@@]5(C)C4CC[C@@H]5C(C)(O)Cn4cc(C)cn4)[C@@]3(C)CC[C@H]12. The van der Waals surface area contributed by atoms with Crippen LogP contribution in [-0.4, -0.2) is 20.5 Å². The van der Waals surface area contributed by atoms with Gasteiger partial charge in [0.2, 0.25) is 0 Å².